The number of nitrogens with zero attached hydrogens (tertiary/aromatic N) is 3. The number of methoxy groups -OCH3 is 1. The van der Waals surface area contributed by atoms with Crippen LogP contribution in [0.1, 0.15) is 24.6 Å². The second-order valence-corrected chi connectivity index (χ2v) is 5.59. The molecule has 1 aromatic heterocycles. The van der Waals surface area contributed by atoms with Crippen LogP contribution in [-0.2, 0) is 6.42 Å². The molecule has 0 aliphatic heterocycles. The molecule has 0 bridgehead atoms. The third-order valence-corrected chi connectivity index (χ3v) is 3.91. The van der Waals surface area contributed by atoms with E-state index in [-0.39, 0.29) is 0 Å². The SMILES string of the molecule is CCCc1ccc(-c2cc(C#N)nn2-c2cccc(OC)c2)cc1. The van der Waals surface area contributed by atoms with E-state index < -0.39 is 0 Å². The van der Waals surface area contributed by atoms with Crippen molar-refractivity contribution in [1.82, 2.24) is 9.78 Å². The molecule has 0 N–H and O–H groups in total. The van der Waals surface area contributed by atoms with E-state index >= 15 is 0 Å². The Bertz CT molecular complexity index is 873. The normalized spacial score (nSPS) is 10.4. The number of hydrogen-bond acceptors (Lipinski definition) is 3. The minimum atomic E-state index is 0.394. The lowest BCUT2D eigenvalue weighted by Gasteiger charge is -2.09. The molecule has 4 nitrogen and oxygen atoms in total. The molecule has 0 saturated heterocycles. The molecule has 4 heteroatoms. The Kier molecular flexibility index (Phi) is 4.62. The smallest absolute Gasteiger partial charge is 0.163 e. The standard InChI is InChI=1S/C20H19N3O/c1-3-5-15-8-10-16(11-9-15)20-12-17(14-21)22-23(20)18-6-4-7-19(13-18)24-2/h4,6-13H,3,5H2,1-2H3. The van der Waals surface area contributed by atoms with Gasteiger partial charge < -0.3 is 4.74 Å². The number of benzene rings is 2. The molecule has 0 saturated carbocycles. The zero-order chi connectivity index (χ0) is 16.9. The summed E-state index contributed by atoms with van der Waals surface area (Å²) in [5.41, 5.74) is 4.50. The van der Waals surface area contributed by atoms with Crippen molar-refractivity contribution in [2.75, 3.05) is 7.11 Å². The highest BCUT2D eigenvalue weighted by Crippen LogP contribution is 2.26. The second-order valence-electron chi connectivity index (χ2n) is 5.59. The molecule has 0 spiro atoms. The maximum atomic E-state index is 9.23. The Morgan fingerprint density at radius 3 is 2.58 bits per heavy atom. The molecule has 2 aromatic carbocycles. The number of nitriles is 1. The van der Waals surface area contributed by atoms with Crippen molar-refractivity contribution in [3.8, 4) is 28.8 Å². The second kappa shape index (κ2) is 7.01. The molecule has 0 aliphatic carbocycles. The number of aryl methyl sites for hydroxylation is 1. The lowest BCUT2D eigenvalue weighted by atomic mass is 10.1. The lowest BCUT2D eigenvalue weighted by Crippen LogP contribution is -2.00. The average Bonchev–Trinajstić information content (AvgIpc) is 3.07. The topological polar surface area (TPSA) is 50.8 Å². The number of rotatable bonds is 5. The summed E-state index contributed by atoms with van der Waals surface area (Å²) in [6.07, 6.45) is 2.19. The van der Waals surface area contributed by atoms with E-state index in [0.717, 1.165) is 35.5 Å². The minimum Gasteiger partial charge on any atom is -0.497 e. The fraction of sp³-hybridized carbons (Fsp3) is 0.200. The molecular formula is C20H19N3O. The van der Waals surface area contributed by atoms with Gasteiger partial charge in [0.25, 0.3) is 0 Å². The predicted octanol–water partition coefficient (Wildman–Crippen LogP) is 4.37. The van der Waals surface area contributed by atoms with E-state index in [9.17, 15) is 5.26 Å². The van der Waals surface area contributed by atoms with Crippen LogP contribution >= 0.6 is 0 Å². The van der Waals surface area contributed by atoms with E-state index in [1.807, 2.05) is 30.3 Å². The molecule has 0 radical (unpaired) electrons. The van der Waals surface area contributed by atoms with Crippen molar-refractivity contribution >= 4 is 0 Å². The molecule has 0 atom stereocenters. The highest BCUT2D eigenvalue weighted by molar-refractivity contribution is 5.64. The summed E-state index contributed by atoms with van der Waals surface area (Å²) in [6, 6.07) is 20.0. The Labute approximate surface area is 141 Å². The first-order chi connectivity index (χ1) is 11.7. The Morgan fingerprint density at radius 2 is 1.92 bits per heavy atom. The first-order valence-electron chi connectivity index (χ1n) is 7.99. The number of aromatic nitrogens is 2. The van der Waals surface area contributed by atoms with Crippen LogP contribution in [0, 0.1) is 11.3 Å². The van der Waals surface area contributed by atoms with Gasteiger partial charge >= 0.3 is 0 Å². The summed E-state index contributed by atoms with van der Waals surface area (Å²) < 4.78 is 7.08. The maximum Gasteiger partial charge on any atom is 0.163 e. The third-order valence-electron chi connectivity index (χ3n) is 3.91. The van der Waals surface area contributed by atoms with Gasteiger partial charge in [-0.1, -0.05) is 43.7 Å². The van der Waals surface area contributed by atoms with Gasteiger partial charge in [0.1, 0.15) is 11.8 Å². The largest absolute Gasteiger partial charge is 0.497 e. The summed E-state index contributed by atoms with van der Waals surface area (Å²) in [5, 5.41) is 13.6. The Balaban J connectivity index is 2.07. The Morgan fingerprint density at radius 1 is 1.12 bits per heavy atom. The van der Waals surface area contributed by atoms with Gasteiger partial charge in [-0.3, -0.25) is 0 Å². The van der Waals surface area contributed by atoms with Crippen LogP contribution in [0.4, 0.5) is 0 Å². The highest BCUT2D eigenvalue weighted by atomic mass is 16.5. The van der Waals surface area contributed by atoms with Crippen molar-refractivity contribution in [3.63, 3.8) is 0 Å². The summed E-state index contributed by atoms with van der Waals surface area (Å²) in [5.74, 6) is 0.755. The molecular weight excluding hydrogens is 298 g/mol. The van der Waals surface area contributed by atoms with Gasteiger partial charge in [-0.25, -0.2) is 4.68 Å². The predicted molar refractivity (Wildman–Crippen MR) is 94.3 cm³/mol. The zero-order valence-corrected chi connectivity index (χ0v) is 13.9. The molecule has 120 valence electrons. The van der Waals surface area contributed by atoms with E-state index in [4.69, 9.17) is 4.74 Å². The summed E-state index contributed by atoms with van der Waals surface area (Å²) in [6.45, 7) is 2.17. The van der Waals surface area contributed by atoms with Gasteiger partial charge in [0.05, 0.1) is 18.5 Å². The Hall–Kier alpha value is -3.06. The molecule has 3 aromatic rings. The highest BCUT2D eigenvalue weighted by Gasteiger charge is 2.12. The fourth-order valence-electron chi connectivity index (χ4n) is 2.71. The van der Waals surface area contributed by atoms with Crippen LogP contribution in [0.5, 0.6) is 5.75 Å². The van der Waals surface area contributed by atoms with Crippen molar-refractivity contribution in [1.29, 1.82) is 5.26 Å². The van der Waals surface area contributed by atoms with Gasteiger partial charge in [-0.05, 0) is 24.1 Å². The molecule has 1 heterocycles. The van der Waals surface area contributed by atoms with Crippen molar-refractivity contribution < 1.29 is 4.74 Å². The van der Waals surface area contributed by atoms with E-state index in [0.29, 0.717) is 5.69 Å². The first kappa shape index (κ1) is 15.8. The molecule has 24 heavy (non-hydrogen) atoms. The molecule has 3 rings (SSSR count). The van der Waals surface area contributed by atoms with E-state index in [1.54, 1.807) is 11.8 Å². The fourth-order valence-corrected chi connectivity index (χ4v) is 2.71. The molecule has 0 aliphatic rings. The van der Waals surface area contributed by atoms with Gasteiger partial charge in [-0.15, -0.1) is 0 Å². The van der Waals surface area contributed by atoms with Crippen LogP contribution in [0.15, 0.2) is 54.6 Å². The van der Waals surface area contributed by atoms with Crippen LogP contribution in [-0.4, -0.2) is 16.9 Å². The lowest BCUT2D eigenvalue weighted by molar-refractivity contribution is 0.414. The third kappa shape index (κ3) is 3.16. The molecule has 0 unspecified atom stereocenters. The van der Waals surface area contributed by atoms with E-state index in [1.165, 1.54) is 5.56 Å². The van der Waals surface area contributed by atoms with Gasteiger partial charge in [-0.2, -0.15) is 10.4 Å². The molecule has 0 amide bonds. The first-order valence-corrected chi connectivity index (χ1v) is 7.99. The van der Waals surface area contributed by atoms with Crippen molar-refractivity contribution in [2.45, 2.75) is 19.8 Å². The van der Waals surface area contributed by atoms with Crippen LogP contribution in [0.25, 0.3) is 16.9 Å². The van der Waals surface area contributed by atoms with Crippen LogP contribution in [0.2, 0.25) is 0 Å². The van der Waals surface area contributed by atoms with Crippen molar-refractivity contribution in [2.24, 2.45) is 0 Å². The summed E-state index contributed by atoms with van der Waals surface area (Å²) >= 11 is 0. The number of hydrogen-bond donors (Lipinski definition) is 0. The maximum absolute atomic E-state index is 9.23. The average molecular weight is 317 g/mol. The van der Waals surface area contributed by atoms with Crippen molar-refractivity contribution in [3.05, 3.63) is 65.9 Å². The monoisotopic (exact) mass is 317 g/mol. The van der Waals surface area contributed by atoms with Gasteiger partial charge in [0, 0.05) is 17.7 Å². The van der Waals surface area contributed by atoms with Crippen LogP contribution in [0.3, 0.4) is 0 Å². The minimum absolute atomic E-state index is 0.394. The zero-order valence-electron chi connectivity index (χ0n) is 13.9. The van der Waals surface area contributed by atoms with E-state index in [2.05, 4.69) is 42.4 Å². The number of ether oxygens (including phenoxy) is 1. The van der Waals surface area contributed by atoms with Gasteiger partial charge in [0.2, 0.25) is 0 Å². The van der Waals surface area contributed by atoms with Crippen LogP contribution < -0.4 is 4.74 Å². The summed E-state index contributed by atoms with van der Waals surface area (Å²) in [4.78, 5) is 0. The summed E-state index contributed by atoms with van der Waals surface area (Å²) in [7, 11) is 1.64. The molecule has 0 fully saturated rings. The quantitative estimate of drug-likeness (QED) is 0.702. The van der Waals surface area contributed by atoms with Gasteiger partial charge in [0.15, 0.2) is 5.69 Å².